The van der Waals surface area contributed by atoms with Gasteiger partial charge < -0.3 is 19.8 Å². The van der Waals surface area contributed by atoms with Crippen molar-refractivity contribution >= 4 is 46.7 Å². The number of alkyl halides is 3. The molecule has 0 aromatic heterocycles. The van der Waals surface area contributed by atoms with Crippen molar-refractivity contribution in [3.8, 4) is 0 Å². The Labute approximate surface area is 145 Å². The van der Waals surface area contributed by atoms with Crippen LogP contribution in [0.25, 0.3) is 0 Å². The Morgan fingerprint density at radius 2 is 1.25 bits per heavy atom. The second-order valence-corrected chi connectivity index (χ2v) is 6.31. The van der Waals surface area contributed by atoms with E-state index in [2.05, 4.69) is 6.92 Å². The number of carboxylic acid groups (broad SMARTS) is 2. The van der Waals surface area contributed by atoms with Crippen LogP contribution in [-0.2, 0) is 26.1 Å². The molecule has 0 saturated heterocycles. The zero-order valence-corrected chi connectivity index (χ0v) is 14.5. The Kier molecular flexibility index (Phi) is 19.8. The van der Waals surface area contributed by atoms with E-state index >= 15 is 0 Å². The molecule has 8 heteroatoms. The molecule has 0 rings (SSSR count). The second kappa shape index (κ2) is 15.7. The molecule has 0 radical (unpaired) electrons. The third-order valence-corrected chi connectivity index (χ3v) is 2.68. The largest absolute Gasteiger partial charge is 2.00 e. The van der Waals surface area contributed by atoms with Gasteiger partial charge in [0.05, 0.1) is 5.97 Å². The number of carbonyl (C=O) groups is 2. The van der Waals surface area contributed by atoms with Crippen LogP contribution in [0.15, 0.2) is 0 Å². The van der Waals surface area contributed by atoms with Crippen molar-refractivity contribution in [3.05, 3.63) is 0 Å². The molecule has 20 heavy (non-hydrogen) atoms. The molecule has 0 aromatic carbocycles. The first-order valence-electron chi connectivity index (χ1n) is 6.19. The first-order chi connectivity index (χ1) is 8.71. The number of unbranched alkanes of at least 4 members (excludes halogenated alkanes) is 6. The van der Waals surface area contributed by atoms with Gasteiger partial charge in [-0.3, -0.25) is 0 Å². The molecule has 0 bridgehead atoms. The van der Waals surface area contributed by atoms with Crippen LogP contribution in [0.2, 0.25) is 0 Å². The van der Waals surface area contributed by atoms with Crippen LogP contribution in [0.4, 0.5) is 0 Å². The van der Waals surface area contributed by atoms with Gasteiger partial charge in [0, 0.05) is 5.97 Å². The molecule has 0 aliphatic carbocycles. The molecule has 0 unspecified atom stereocenters. The van der Waals surface area contributed by atoms with Crippen LogP contribution in [-0.4, -0.2) is 15.7 Å². The van der Waals surface area contributed by atoms with E-state index in [-0.39, 0.29) is 22.9 Å². The van der Waals surface area contributed by atoms with Crippen LogP contribution < -0.4 is 10.2 Å². The van der Waals surface area contributed by atoms with E-state index < -0.39 is 15.7 Å². The molecule has 0 fully saturated rings. The van der Waals surface area contributed by atoms with Gasteiger partial charge in [-0.15, -0.1) is 0 Å². The van der Waals surface area contributed by atoms with Crippen LogP contribution in [0.5, 0.6) is 0 Å². The predicted molar refractivity (Wildman–Crippen MR) is 72.9 cm³/mol. The second-order valence-electron chi connectivity index (χ2n) is 4.03. The number of hydrogen-bond donors (Lipinski definition) is 0. The molecule has 0 aromatic rings. The van der Waals surface area contributed by atoms with E-state index in [4.69, 9.17) is 34.8 Å². The summed E-state index contributed by atoms with van der Waals surface area (Å²) in [6.45, 7) is 2.19. The minimum absolute atomic E-state index is 0. The summed E-state index contributed by atoms with van der Waals surface area (Å²) >= 11 is 14.2. The molecule has 4 nitrogen and oxygen atoms in total. The van der Waals surface area contributed by atoms with E-state index in [0.29, 0.717) is 0 Å². The topological polar surface area (TPSA) is 80.3 Å². The van der Waals surface area contributed by atoms with E-state index in [1.807, 2.05) is 0 Å². The minimum atomic E-state index is -2.28. The Morgan fingerprint density at radius 1 is 0.900 bits per heavy atom. The summed E-state index contributed by atoms with van der Waals surface area (Å²) in [5, 5.41) is 19.5. The van der Waals surface area contributed by atoms with Crippen molar-refractivity contribution in [2.24, 2.45) is 0 Å². The number of halogens is 3. The SMILES string of the molecule is CCCCCCCCCC(=O)[O-].O=C([O-])C(Cl)(Cl)Cl.[Ni+2]. The molecule has 0 saturated carbocycles. The Balaban J connectivity index is -0.000000312. The molecule has 0 heterocycles. The van der Waals surface area contributed by atoms with Crippen molar-refractivity contribution in [3.63, 3.8) is 0 Å². The summed E-state index contributed by atoms with van der Waals surface area (Å²) in [6, 6.07) is 0. The first kappa shape index (κ1) is 25.3. The van der Waals surface area contributed by atoms with E-state index in [0.717, 1.165) is 12.8 Å². The average Bonchev–Trinajstić information content (AvgIpc) is 2.27. The Morgan fingerprint density at radius 3 is 1.55 bits per heavy atom. The fraction of sp³-hybridized carbons (Fsp3) is 0.833. The molecule has 0 atom stereocenters. The van der Waals surface area contributed by atoms with Crippen molar-refractivity contribution < 1.29 is 36.3 Å². The van der Waals surface area contributed by atoms with Crippen LogP contribution in [0.3, 0.4) is 0 Å². The standard InChI is InChI=1S/C10H20O2.C2HCl3O2.Ni/c1-2-3-4-5-6-7-8-9-10(11)12;3-2(4,5)1(6)7;/h2-9H2,1H3,(H,11,12);(H,6,7);/q;;+2/p-2. The molecule has 0 aliphatic heterocycles. The van der Waals surface area contributed by atoms with Crippen molar-refractivity contribution in [1.29, 1.82) is 0 Å². The number of carbonyl (C=O) groups excluding carboxylic acids is 2. The summed E-state index contributed by atoms with van der Waals surface area (Å²) in [5.74, 6) is -2.62. The normalized spacial score (nSPS) is 10.0. The molecular weight excluding hydrogens is 373 g/mol. The van der Waals surface area contributed by atoms with Crippen LogP contribution >= 0.6 is 34.8 Å². The fourth-order valence-corrected chi connectivity index (χ4v) is 1.23. The predicted octanol–water partition coefficient (Wildman–Crippen LogP) is 1.98. The Bertz CT molecular complexity index is 258. The van der Waals surface area contributed by atoms with Gasteiger partial charge in [0.1, 0.15) is 0 Å². The molecule has 0 amide bonds. The maximum Gasteiger partial charge on any atom is 2.00 e. The van der Waals surface area contributed by atoms with Crippen LogP contribution in [0.1, 0.15) is 58.3 Å². The monoisotopic (exact) mass is 390 g/mol. The number of carboxylic acids is 2. The summed E-state index contributed by atoms with van der Waals surface area (Å²) < 4.78 is -2.28. The van der Waals surface area contributed by atoms with Gasteiger partial charge in [0.2, 0.25) is 3.79 Å². The van der Waals surface area contributed by atoms with Gasteiger partial charge in [0.15, 0.2) is 0 Å². The van der Waals surface area contributed by atoms with Gasteiger partial charge in [-0.1, -0.05) is 80.3 Å². The van der Waals surface area contributed by atoms with Crippen LogP contribution in [0, 0.1) is 0 Å². The van der Waals surface area contributed by atoms with Crippen molar-refractivity contribution in [1.82, 2.24) is 0 Å². The third-order valence-electron chi connectivity index (χ3n) is 2.22. The number of aliphatic carboxylic acids is 2. The van der Waals surface area contributed by atoms with Crippen molar-refractivity contribution in [2.75, 3.05) is 0 Å². The van der Waals surface area contributed by atoms with Gasteiger partial charge in [-0.25, -0.2) is 0 Å². The Hall–Kier alpha value is 0.304. The molecule has 0 aliphatic rings. The molecule has 0 spiro atoms. The maximum atomic E-state index is 10.0. The maximum absolute atomic E-state index is 10.0. The third kappa shape index (κ3) is 23.4. The zero-order chi connectivity index (χ0) is 15.3. The number of hydrogen-bond acceptors (Lipinski definition) is 4. The summed E-state index contributed by atoms with van der Waals surface area (Å²) in [5.41, 5.74) is 0. The van der Waals surface area contributed by atoms with Gasteiger partial charge in [0.25, 0.3) is 0 Å². The molecule has 122 valence electrons. The quantitative estimate of drug-likeness (QED) is 0.359. The zero-order valence-electron chi connectivity index (χ0n) is 11.2. The summed E-state index contributed by atoms with van der Waals surface area (Å²) in [4.78, 5) is 19.5. The minimum Gasteiger partial charge on any atom is -0.550 e. The van der Waals surface area contributed by atoms with Crippen molar-refractivity contribution in [2.45, 2.75) is 62.1 Å². The summed E-state index contributed by atoms with van der Waals surface area (Å²) in [7, 11) is 0. The van der Waals surface area contributed by atoms with Gasteiger partial charge in [-0.05, 0) is 12.8 Å². The smallest absolute Gasteiger partial charge is 0.550 e. The average molecular weight is 392 g/mol. The first-order valence-corrected chi connectivity index (χ1v) is 7.33. The van der Waals surface area contributed by atoms with Gasteiger partial charge in [-0.2, -0.15) is 0 Å². The van der Waals surface area contributed by atoms with E-state index in [1.165, 1.54) is 32.1 Å². The number of rotatable bonds is 8. The molecular formula is C12H19Cl3NiO4. The van der Waals surface area contributed by atoms with E-state index in [9.17, 15) is 19.8 Å². The summed E-state index contributed by atoms with van der Waals surface area (Å²) in [6.07, 6.45) is 8.34. The van der Waals surface area contributed by atoms with E-state index in [1.54, 1.807) is 0 Å². The fourth-order valence-electron chi connectivity index (χ4n) is 1.23. The van der Waals surface area contributed by atoms with Gasteiger partial charge >= 0.3 is 16.5 Å². The molecule has 0 N–H and O–H groups in total.